The number of rotatable bonds is 4. The Bertz CT molecular complexity index is 1090. The van der Waals surface area contributed by atoms with Gasteiger partial charge in [0.05, 0.1) is 12.3 Å². The summed E-state index contributed by atoms with van der Waals surface area (Å²) < 4.78 is 15.8. The maximum atomic E-state index is 12.0. The molecule has 0 saturated heterocycles. The molecular formula is C21H18N4O4. The van der Waals surface area contributed by atoms with E-state index in [0.717, 1.165) is 16.8 Å². The number of furan rings is 1. The van der Waals surface area contributed by atoms with Crippen molar-refractivity contribution in [3.8, 4) is 17.7 Å². The Morgan fingerprint density at radius 3 is 2.69 bits per heavy atom. The number of nitrogens with zero attached hydrogens (tertiary/aromatic N) is 2. The average molecular weight is 390 g/mol. The molecular weight excluding hydrogens is 372 g/mol. The molecule has 1 aliphatic rings. The van der Waals surface area contributed by atoms with E-state index in [1.807, 2.05) is 13.8 Å². The normalized spacial score (nSPS) is 18.1. The van der Waals surface area contributed by atoms with Crippen molar-refractivity contribution >= 4 is 11.9 Å². The van der Waals surface area contributed by atoms with Crippen LogP contribution < -0.4 is 9.47 Å². The maximum absolute atomic E-state index is 12.0. The SMILES string of the molecule is CC(C)c1[nH]nc2c1C(c1ccc(OC(=O)c3ccco3)cc1)C(C#N)C(=N)O2. The van der Waals surface area contributed by atoms with Crippen LogP contribution in [0.3, 0.4) is 0 Å². The van der Waals surface area contributed by atoms with E-state index in [1.54, 1.807) is 30.3 Å². The third kappa shape index (κ3) is 3.27. The van der Waals surface area contributed by atoms with Crippen molar-refractivity contribution in [2.75, 3.05) is 0 Å². The summed E-state index contributed by atoms with van der Waals surface area (Å²) in [7, 11) is 0. The van der Waals surface area contributed by atoms with Gasteiger partial charge in [-0.1, -0.05) is 26.0 Å². The number of ether oxygens (including phenoxy) is 2. The molecule has 2 unspecified atom stereocenters. The lowest BCUT2D eigenvalue weighted by molar-refractivity contribution is 0.0701. The molecule has 146 valence electrons. The number of nitrogens with one attached hydrogen (secondary N) is 2. The van der Waals surface area contributed by atoms with Crippen molar-refractivity contribution in [1.29, 1.82) is 10.7 Å². The molecule has 0 radical (unpaired) electrons. The summed E-state index contributed by atoms with van der Waals surface area (Å²) in [5.74, 6) is -1.01. The number of carbonyl (C=O) groups is 1. The number of H-pyrrole nitrogens is 1. The fraction of sp³-hybridized carbons (Fsp3) is 0.238. The molecule has 4 rings (SSSR count). The van der Waals surface area contributed by atoms with Gasteiger partial charge in [-0.05, 0) is 35.7 Å². The lowest BCUT2D eigenvalue weighted by Crippen LogP contribution is -2.31. The van der Waals surface area contributed by atoms with Gasteiger partial charge in [0, 0.05) is 17.2 Å². The predicted molar refractivity (Wildman–Crippen MR) is 102 cm³/mol. The van der Waals surface area contributed by atoms with E-state index in [-0.39, 0.29) is 17.6 Å². The molecule has 0 saturated carbocycles. The largest absolute Gasteiger partial charge is 0.457 e. The highest BCUT2D eigenvalue weighted by Crippen LogP contribution is 2.44. The molecule has 8 heteroatoms. The van der Waals surface area contributed by atoms with Crippen LogP contribution in [0.1, 0.15) is 53.1 Å². The van der Waals surface area contributed by atoms with Gasteiger partial charge in [0.25, 0.3) is 0 Å². The first kappa shape index (κ1) is 18.5. The lowest BCUT2D eigenvalue weighted by Gasteiger charge is -2.28. The highest BCUT2D eigenvalue weighted by Gasteiger charge is 2.40. The first-order valence-corrected chi connectivity index (χ1v) is 9.09. The van der Waals surface area contributed by atoms with Gasteiger partial charge in [-0.15, -0.1) is 5.10 Å². The molecule has 0 spiro atoms. The first-order chi connectivity index (χ1) is 14.0. The zero-order valence-corrected chi connectivity index (χ0v) is 15.8. The van der Waals surface area contributed by atoms with Crippen LogP contribution in [0.2, 0.25) is 0 Å². The minimum Gasteiger partial charge on any atom is -0.457 e. The highest BCUT2D eigenvalue weighted by molar-refractivity contribution is 5.88. The molecule has 3 aromatic rings. The Hall–Kier alpha value is -3.86. The summed E-state index contributed by atoms with van der Waals surface area (Å²) in [6, 6.07) is 12.2. The van der Waals surface area contributed by atoms with Crippen molar-refractivity contribution in [2.45, 2.75) is 25.7 Å². The number of hydrogen-bond donors (Lipinski definition) is 2. The van der Waals surface area contributed by atoms with Crippen LogP contribution in [-0.4, -0.2) is 22.1 Å². The molecule has 1 aliphatic heterocycles. The van der Waals surface area contributed by atoms with E-state index in [0.29, 0.717) is 11.6 Å². The van der Waals surface area contributed by atoms with Crippen molar-refractivity contribution < 1.29 is 18.7 Å². The summed E-state index contributed by atoms with van der Waals surface area (Å²) in [4.78, 5) is 12.0. The number of carbonyl (C=O) groups excluding carboxylic acids is 1. The molecule has 8 nitrogen and oxygen atoms in total. The molecule has 0 fully saturated rings. The van der Waals surface area contributed by atoms with Crippen LogP contribution in [0.25, 0.3) is 0 Å². The second kappa shape index (κ2) is 7.28. The van der Waals surface area contributed by atoms with Gasteiger partial charge in [-0.25, -0.2) is 4.79 Å². The molecule has 2 N–H and O–H groups in total. The standard InChI is InChI=1S/C21H18N4O4/c1-11(2)18-17-16(14(10-22)19(23)29-20(17)25-24-18)12-5-7-13(8-6-12)28-21(26)15-4-3-9-27-15/h3-9,11,14,16,23H,1-2H3,(H,24,25). The van der Waals surface area contributed by atoms with Gasteiger partial charge in [-0.3, -0.25) is 10.5 Å². The van der Waals surface area contributed by atoms with Gasteiger partial charge >= 0.3 is 5.97 Å². The van der Waals surface area contributed by atoms with Gasteiger partial charge < -0.3 is 13.9 Å². The van der Waals surface area contributed by atoms with Gasteiger partial charge in [0.1, 0.15) is 11.7 Å². The monoisotopic (exact) mass is 390 g/mol. The van der Waals surface area contributed by atoms with E-state index in [4.69, 9.17) is 19.3 Å². The van der Waals surface area contributed by atoms with Crippen LogP contribution in [0, 0.1) is 22.7 Å². The van der Waals surface area contributed by atoms with E-state index >= 15 is 0 Å². The minimum atomic E-state index is -0.783. The van der Waals surface area contributed by atoms with E-state index in [1.165, 1.54) is 12.3 Å². The van der Waals surface area contributed by atoms with Gasteiger partial charge in [-0.2, -0.15) is 5.26 Å². The quantitative estimate of drug-likeness (QED) is 0.513. The second-order valence-electron chi connectivity index (χ2n) is 7.00. The topological polar surface area (TPSA) is 125 Å². The first-order valence-electron chi connectivity index (χ1n) is 9.09. The molecule has 1 aromatic carbocycles. The van der Waals surface area contributed by atoms with E-state index in [2.05, 4.69) is 16.3 Å². The number of benzene rings is 1. The Morgan fingerprint density at radius 1 is 1.31 bits per heavy atom. The number of hydrogen-bond acceptors (Lipinski definition) is 7. The highest BCUT2D eigenvalue weighted by atomic mass is 16.5. The lowest BCUT2D eigenvalue weighted by atomic mass is 9.78. The van der Waals surface area contributed by atoms with Crippen molar-refractivity contribution in [1.82, 2.24) is 10.2 Å². The van der Waals surface area contributed by atoms with Crippen LogP contribution in [0.5, 0.6) is 11.6 Å². The fourth-order valence-corrected chi connectivity index (χ4v) is 3.44. The summed E-state index contributed by atoms with van der Waals surface area (Å²) >= 11 is 0. The van der Waals surface area contributed by atoms with Gasteiger partial charge in [0.15, 0.2) is 0 Å². The third-order valence-electron chi connectivity index (χ3n) is 4.82. The smallest absolute Gasteiger partial charge is 0.379 e. The van der Waals surface area contributed by atoms with E-state index in [9.17, 15) is 10.1 Å². The molecule has 0 bridgehead atoms. The summed E-state index contributed by atoms with van der Waals surface area (Å²) in [5.41, 5.74) is 2.45. The maximum Gasteiger partial charge on any atom is 0.379 e. The molecule has 29 heavy (non-hydrogen) atoms. The number of fused-ring (bicyclic) bond motifs is 1. The Morgan fingerprint density at radius 2 is 2.07 bits per heavy atom. The Kier molecular flexibility index (Phi) is 4.64. The number of esters is 1. The van der Waals surface area contributed by atoms with Crippen molar-refractivity contribution in [3.63, 3.8) is 0 Å². The molecule has 3 heterocycles. The van der Waals surface area contributed by atoms with Crippen LogP contribution in [0.15, 0.2) is 47.1 Å². The molecule has 2 aromatic heterocycles. The number of nitriles is 1. The predicted octanol–water partition coefficient (Wildman–Crippen LogP) is 3.99. The Labute approximate surface area is 166 Å². The zero-order valence-electron chi connectivity index (χ0n) is 15.8. The Balaban J connectivity index is 1.68. The van der Waals surface area contributed by atoms with Crippen LogP contribution in [-0.2, 0) is 0 Å². The van der Waals surface area contributed by atoms with Crippen molar-refractivity contribution in [2.24, 2.45) is 5.92 Å². The third-order valence-corrected chi connectivity index (χ3v) is 4.82. The molecule has 0 aliphatic carbocycles. The minimum absolute atomic E-state index is 0.112. The average Bonchev–Trinajstić information content (AvgIpc) is 3.37. The molecule has 2 atom stereocenters. The number of aromatic nitrogens is 2. The van der Waals surface area contributed by atoms with Crippen LogP contribution in [0.4, 0.5) is 0 Å². The molecule has 0 amide bonds. The second-order valence-corrected chi connectivity index (χ2v) is 7.00. The van der Waals surface area contributed by atoms with Gasteiger partial charge in [0.2, 0.25) is 17.5 Å². The number of aromatic amines is 1. The van der Waals surface area contributed by atoms with Crippen LogP contribution >= 0.6 is 0 Å². The summed E-state index contributed by atoms with van der Waals surface area (Å²) in [6.45, 7) is 4.03. The summed E-state index contributed by atoms with van der Waals surface area (Å²) in [5, 5.41) is 24.9. The summed E-state index contributed by atoms with van der Waals surface area (Å²) in [6.07, 6.45) is 1.40. The fourth-order valence-electron chi connectivity index (χ4n) is 3.44. The van der Waals surface area contributed by atoms with E-state index < -0.39 is 17.8 Å². The zero-order chi connectivity index (χ0) is 20.5. The van der Waals surface area contributed by atoms with Crippen molar-refractivity contribution in [3.05, 3.63) is 65.2 Å².